The van der Waals surface area contributed by atoms with E-state index in [4.69, 9.17) is 4.74 Å². The first-order valence-corrected chi connectivity index (χ1v) is 11.1. The SMILES string of the molecule is C[C@]12CC[C@H](O)C[C@H]1CC[C@@H]1[C@@H]2CC[C@]2(C)[C@@](O)(C3=CC(=O)OC3)CC[C@]12O. The van der Waals surface area contributed by atoms with Gasteiger partial charge in [0.2, 0.25) is 0 Å². The summed E-state index contributed by atoms with van der Waals surface area (Å²) >= 11 is 0. The smallest absolute Gasteiger partial charge is 0.331 e. The van der Waals surface area contributed by atoms with Crippen molar-refractivity contribution in [3.63, 3.8) is 0 Å². The molecule has 4 aliphatic carbocycles. The lowest BCUT2D eigenvalue weighted by molar-refractivity contribution is -0.229. The van der Waals surface area contributed by atoms with E-state index < -0.39 is 16.6 Å². The molecule has 8 atom stereocenters. The van der Waals surface area contributed by atoms with Crippen molar-refractivity contribution in [2.45, 2.75) is 88.9 Å². The van der Waals surface area contributed by atoms with E-state index in [9.17, 15) is 20.1 Å². The van der Waals surface area contributed by atoms with Gasteiger partial charge in [-0.3, -0.25) is 0 Å². The zero-order valence-electron chi connectivity index (χ0n) is 17.1. The Kier molecular flexibility index (Phi) is 3.97. The van der Waals surface area contributed by atoms with Gasteiger partial charge in [0.25, 0.3) is 0 Å². The summed E-state index contributed by atoms with van der Waals surface area (Å²) in [6, 6.07) is 0. The number of aliphatic hydroxyl groups excluding tert-OH is 1. The Balaban J connectivity index is 1.51. The van der Waals surface area contributed by atoms with Crippen molar-refractivity contribution in [1.82, 2.24) is 0 Å². The Morgan fingerprint density at radius 2 is 1.79 bits per heavy atom. The van der Waals surface area contributed by atoms with Gasteiger partial charge in [-0.15, -0.1) is 0 Å². The maximum Gasteiger partial charge on any atom is 0.331 e. The Hall–Kier alpha value is -0.910. The summed E-state index contributed by atoms with van der Waals surface area (Å²) in [6.07, 6.45) is 8.91. The van der Waals surface area contributed by atoms with E-state index in [1.807, 2.05) is 6.92 Å². The molecule has 4 saturated carbocycles. The predicted molar refractivity (Wildman–Crippen MR) is 103 cm³/mol. The van der Waals surface area contributed by atoms with Crippen LogP contribution in [0.1, 0.15) is 71.6 Å². The summed E-state index contributed by atoms with van der Waals surface area (Å²) in [7, 11) is 0. The molecular formula is C23H34O5. The number of hydrogen-bond acceptors (Lipinski definition) is 5. The van der Waals surface area contributed by atoms with Crippen molar-refractivity contribution >= 4 is 5.97 Å². The molecule has 0 amide bonds. The monoisotopic (exact) mass is 390 g/mol. The van der Waals surface area contributed by atoms with Gasteiger partial charge in [-0.1, -0.05) is 13.8 Å². The van der Waals surface area contributed by atoms with Gasteiger partial charge in [-0.2, -0.15) is 0 Å². The third-order valence-corrected chi connectivity index (χ3v) is 10.2. The number of aliphatic hydroxyl groups is 3. The highest BCUT2D eigenvalue weighted by Gasteiger charge is 2.72. The van der Waals surface area contributed by atoms with Crippen molar-refractivity contribution in [2.24, 2.45) is 28.6 Å². The van der Waals surface area contributed by atoms with Gasteiger partial charge >= 0.3 is 5.97 Å². The summed E-state index contributed by atoms with van der Waals surface area (Å²) in [5.74, 6) is 0.768. The Bertz CT molecular complexity index is 733. The van der Waals surface area contributed by atoms with Crippen molar-refractivity contribution in [2.75, 3.05) is 6.61 Å². The van der Waals surface area contributed by atoms with Gasteiger partial charge in [-0.25, -0.2) is 4.79 Å². The van der Waals surface area contributed by atoms with Crippen LogP contribution in [0.4, 0.5) is 0 Å². The highest BCUT2D eigenvalue weighted by molar-refractivity contribution is 5.85. The average molecular weight is 391 g/mol. The Morgan fingerprint density at radius 3 is 2.50 bits per heavy atom. The molecule has 4 fully saturated rings. The number of ether oxygens (including phenoxy) is 1. The van der Waals surface area contributed by atoms with Crippen molar-refractivity contribution < 1.29 is 24.9 Å². The zero-order valence-corrected chi connectivity index (χ0v) is 17.1. The molecule has 5 nitrogen and oxygen atoms in total. The Morgan fingerprint density at radius 1 is 1.00 bits per heavy atom. The van der Waals surface area contributed by atoms with E-state index in [1.54, 1.807) is 0 Å². The molecule has 28 heavy (non-hydrogen) atoms. The summed E-state index contributed by atoms with van der Waals surface area (Å²) < 4.78 is 5.11. The maximum absolute atomic E-state index is 12.1. The first kappa shape index (κ1) is 19.1. The molecule has 5 aliphatic rings. The molecule has 0 radical (unpaired) electrons. The summed E-state index contributed by atoms with van der Waals surface area (Å²) in [5.41, 5.74) is -1.92. The van der Waals surface area contributed by atoms with Gasteiger partial charge < -0.3 is 20.1 Å². The van der Waals surface area contributed by atoms with Crippen LogP contribution in [-0.4, -0.2) is 45.2 Å². The van der Waals surface area contributed by atoms with E-state index in [2.05, 4.69) is 6.92 Å². The zero-order chi connectivity index (χ0) is 19.9. The molecule has 0 spiro atoms. The van der Waals surface area contributed by atoms with Crippen LogP contribution in [0.5, 0.6) is 0 Å². The molecule has 0 aromatic heterocycles. The van der Waals surface area contributed by atoms with Crippen LogP contribution in [-0.2, 0) is 9.53 Å². The van der Waals surface area contributed by atoms with Gasteiger partial charge in [-0.05, 0) is 81.0 Å². The van der Waals surface area contributed by atoms with Crippen molar-refractivity contribution in [1.29, 1.82) is 0 Å². The minimum atomic E-state index is -1.17. The highest BCUT2D eigenvalue weighted by atomic mass is 16.5. The average Bonchev–Trinajstić information content (AvgIpc) is 3.18. The number of cyclic esters (lactones) is 1. The standard InChI is InChI=1S/C23H34O5/c1-20-7-5-16(24)11-14(20)3-4-18-17(20)6-8-21(2)22(26,9-10-23(18,21)27)15-12-19(25)28-13-15/h12,14,16-18,24,26-27H,3-11,13H2,1-2H3/t14-,16+,17+,18-,20+,21-,22+,23+/m1/s1. The van der Waals surface area contributed by atoms with E-state index in [0.717, 1.165) is 44.9 Å². The van der Waals surface area contributed by atoms with Crippen LogP contribution in [0.2, 0.25) is 0 Å². The van der Waals surface area contributed by atoms with Crippen LogP contribution in [0.25, 0.3) is 0 Å². The lowest BCUT2D eigenvalue weighted by atomic mass is 9.42. The van der Waals surface area contributed by atoms with E-state index >= 15 is 0 Å². The number of rotatable bonds is 1. The molecule has 3 N–H and O–H groups in total. The third-order valence-electron chi connectivity index (χ3n) is 10.2. The number of hydrogen-bond donors (Lipinski definition) is 3. The topological polar surface area (TPSA) is 87.0 Å². The van der Waals surface area contributed by atoms with Crippen molar-refractivity contribution in [3.8, 4) is 0 Å². The molecule has 0 saturated heterocycles. The third kappa shape index (κ3) is 2.16. The maximum atomic E-state index is 12.1. The van der Waals surface area contributed by atoms with Gasteiger partial charge in [0, 0.05) is 17.1 Å². The van der Waals surface area contributed by atoms with E-state index in [-0.39, 0.29) is 30.0 Å². The number of carbonyl (C=O) groups excluding carboxylic acids is 1. The van der Waals surface area contributed by atoms with Crippen LogP contribution in [0.3, 0.4) is 0 Å². The quantitative estimate of drug-likeness (QED) is 0.599. The predicted octanol–water partition coefficient (Wildman–Crippen LogP) is 2.72. The molecule has 5 heteroatoms. The number of esters is 1. The fourth-order valence-electron chi connectivity index (χ4n) is 8.35. The molecular weight excluding hydrogens is 356 g/mol. The summed E-state index contributed by atoms with van der Waals surface area (Å²) in [6.45, 7) is 4.57. The molecule has 0 aromatic rings. The normalized spacial score (nSPS) is 55.8. The molecule has 0 bridgehead atoms. The molecule has 0 aromatic carbocycles. The first-order valence-electron chi connectivity index (χ1n) is 11.1. The van der Waals surface area contributed by atoms with Crippen molar-refractivity contribution in [3.05, 3.63) is 11.6 Å². The minimum Gasteiger partial charge on any atom is -0.458 e. The lowest BCUT2D eigenvalue weighted by Crippen LogP contribution is -2.65. The molecule has 156 valence electrons. The molecule has 5 rings (SSSR count). The number of fused-ring (bicyclic) bond motifs is 5. The highest BCUT2D eigenvalue weighted by Crippen LogP contribution is 2.70. The second-order valence-electron chi connectivity index (χ2n) is 10.9. The minimum absolute atomic E-state index is 0.146. The first-order chi connectivity index (χ1) is 13.1. The molecule has 0 unspecified atom stereocenters. The van der Waals surface area contributed by atoms with Gasteiger partial charge in [0.15, 0.2) is 0 Å². The number of carbonyl (C=O) groups is 1. The van der Waals surface area contributed by atoms with Crippen LogP contribution in [0, 0.1) is 28.6 Å². The van der Waals surface area contributed by atoms with E-state index in [0.29, 0.717) is 30.3 Å². The fourth-order valence-corrected chi connectivity index (χ4v) is 8.35. The van der Waals surface area contributed by atoms with Crippen LogP contribution >= 0.6 is 0 Å². The summed E-state index contributed by atoms with van der Waals surface area (Å²) in [5, 5.41) is 34.1. The van der Waals surface area contributed by atoms with Gasteiger partial charge in [0.05, 0.1) is 17.3 Å². The lowest BCUT2D eigenvalue weighted by Gasteiger charge is -2.64. The van der Waals surface area contributed by atoms with Crippen LogP contribution < -0.4 is 0 Å². The molecule has 1 heterocycles. The Labute approximate surface area is 167 Å². The van der Waals surface area contributed by atoms with Gasteiger partial charge in [0.1, 0.15) is 6.61 Å². The second-order valence-corrected chi connectivity index (χ2v) is 10.9. The van der Waals surface area contributed by atoms with E-state index in [1.165, 1.54) is 6.08 Å². The van der Waals surface area contributed by atoms with Crippen LogP contribution in [0.15, 0.2) is 11.6 Å². The summed E-state index contributed by atoms with van der Waals surface area (Å²) in [4.78, 5) is 11.7. The fraction of sp³-hybridized carbons (Fsp3) is 0.870. The molecule has 1 aliphatic heterocycles. The largest absolute Gasteiger partial charge is 0.458 e. The second kappa shape index (κ2) is 5.83.